The summed E-state index contributed by atoms with van der Waals surface area (Å²) in [7, 11) is 1.68. The predicted octanol–water partition coefficient (Wildman–Crippen LogP) is 3.33. The van der Waals surface area contributed by atoms with Crippen LogP contribution in [0.2, 0.25) is 0 Å². The SMILES string of the molecule is COc1ccccc1SCC(C)CNC(=O)[C@@H](N)CC(C)C.Cl. The summed E-state index contributed by atoms with van der Waals surface area (Å²) in [5, 5.41) is 2.94. The van der Waals surface area contributed by atoms with E-state index < -0.39 is 6.04 Å². The van der Waals surface area contributed by atoms with Crippen molar-refractivity contribution < 1.29 is 9.53 Å². The molecule has 23 heavy (non-hydrogen) atoms. The first-order valence-electron chi connectivity index (χ1n) is 7.73. The van der Waals surface area contributed by atoms with Crippen LogP contribution >= 0.6 is 24.2 Å². The summed E-state index contributed by atoms with van der Waals surface area (Å²) in [4.78, 5) is 13.0. The van der Waals surface area contributed by atoms with Crippen molar-refractivity contribution in [3.05, 3.63) is 24.3 Å². The van der Waals surface area contributed by atoms with Crippen molar-refractivity contribution in [1.29, 1.82) is 0 Å². The topological polar surface area (TPSA) is 64.3 Å². The molecule has 0 radical (unpaired) electrons. The molecule has 4 nitrogen and oxygen atoms in total. The van der Waals surface area contributed by atoms with E-state index in [0.717, 1.165) is 22.8 Å². The van der Waals surface area contributed by atoms with Gasteiger partial charge in [0.05, 0.1) is 13.2 Å². The zero-order chi connectivity index (χ0) is 16.5. The number of hydrogen-bond donors (Lipinski definition) is 2. The number of thioether (sulfide) groups is 1. The third kappa shape index (κ3) is 8.49. The molecule has 1 aromatic carbocycles. The van der Waals surface area contributed by atoms with Crippen LogP contribution in [0.1, 0.15) is 27.2 Å². The Hall–Kier alpha value is -0.910. The number of methoxy groups -OCH3 is 1. The van der Waals surface area contributed by atoms with Crippen molar-refractivity contribution in [2.75, 3.05) is 19.4 Å². The number of rotatable bonds is 9. The van der Waals surface area contributed by atoms with Gasteiger partial charge in [0.1, 0.15) is 5.75 Å². The number of hydrogen-bond acceptors (Lipinski definition) is 4. The van der Waals surface area contributed by atoms with Crippen LogP contribution in [0.25, 0.3) is 0 Å². The molecule has 0 aliphatic heterocycles. The van der Waals surface area contributed by atoms with Crippen molar-refractivity contribution in [3.63, 3.8) is 0 Å². The maximum Gasteiger partial charge on any atom is 0.236 e. The molecule has 2 atom stereocenters. The Balaban J connectivity index is 0.00000484. The fourth-order valence-corrected chi connectivity index (χ4v) is 3.10. The summed E-state index contributed by atoms with van der Waals surface area (Å²) in [6.45, 7) is 6.91. The molecule has 0 saturated heterocycles. The molecule has 0 bridgehead atoms. The van der Waals surface area contributed by atoms with Gasteiger partial charge < -0.3 is 15.8 Å². The lowest BCUT2D eigenvalue weighted by atomic mass is 10.0. The molecular weight excluding hydrogens is 332 g/mol. The van der Waals surface area contributed by atoms with Gasteiger partial charge in [0, 0.05) is 17.2 Å². The van der Waals surface area contributed by atoms with Crippen LogP contribution in [0.4, 0.5) is 0 Å². The molecule has 0 heterocycles. The Labute approximate surface area is 150 Å². The second-order valence-corrected chi connectivity index (χ2v) is 7.11. The maximum atomic E-state index is 11.9. The average molecular weight is 361 g/mol. The van der Waals surface area contributed by atoms with Crippen LogP contribution in [0.15, 0.2) is 29.2 Å². The largest absolute Gasteiger partial charge is 0.496 e. The number of nitrogens with one attached hydrogen (secondary N) is 1. The monoisotopic (exact) mass is 360 g/mol. The number of carbonyl (C=O) groups excluding carboxylic acids is 1. The summed E-state index contributed by atoms with van der Waals surface area (Å²) >= 11 is 1.74. The second kappa shape index (κ2) is 11.6. The normalized spacial score (nSPS) is 13.1. The van der Waals surface area contributed by atoms with Crippen molar-refractivity contribution in [2.24, 2.45) is 17.6 Å². The van der Waals surface area contributed by atoms with Gasteiger partial charge in [-0.1, -0.05) is 32.9 Å². The van der Waals surface area contributed by atoms with Crippen LogP contribution in [-0.4, -0.2) is 31.4 Å². The molecule has 3 N–H and O–H groups in total. The fourth-order valence-electron chi connectivity index (χ4n) is 2.05. The smallest absolute Gasteiger partial charge is 0.236 e. The number of ether oxygens (including phenoxy) is 1. The Kier molecular flexibility index (Phi) is 11.1. The van der Waals surface area contributed by atoms with Gasteiger partial charge in [-0.15, -0.1) is 24.2 Å². The molecule has 1 unspecified atom stereocenters. The van der Waals surface area contributed by atoms with E-state index in [-0.39, 0.29) is 18.3 Å². The molecule has 132 valence electrons. The number of para-hydroxylation sites is 1. The lowest BCUT2D eigenvalue weighted by Crippen LogP contribution is -2.43. The van der Waals surface area contributed by atoms with Gasteiger partial charge in [-0.2, -0.15) is 0 Å². The highest BCUT2D eigenvalue weighted by Crippen LogP contribution is 2.29. The first-order valence-corrected chi connectivity index (χ1v) is 8.71. The molecule has 0 aliphatic carbocycles. The number of halogens is 1. The minimum absolute atomic E-state index is 0. The minimum Gasteiger partial charge on any atom is -0.496 e. The number of benzene rings is 1. The Morgan fingerprint density at radius 2 is 1.96 bits per heavy atom. The van der Waals surface area contributed by atoms with Crippen LogP contribution < -0.4 is 15.8 Å². The van der Waals surface area contributed by atoms with Gasteiger partial charge in [-0.05, 0) is 30.4 Å². The molecule has 6 heteroatoms. The number of carbonyl (C=O) groups is 1. The van der Waals surface area contributed by atoms with Gasteiger partial charge in [-0.25, -0.2) is 0 Å². The van der Waals surface area contributed by atoms with Gasteiger partial charge in [-0.3, -0.25) is 4.79 Å². The molecule has 0 spiro atoms. The molecule has 1 amide bonds. The van der Waals surface area contributed by atoms with E-state index in [1.165, 1.54) is 0 Å². The summed E-state index contributed by atoms with van der Waals surface area (Å²) in [6.07, 6.45) is 0.718. The van der Waals surface area contributed by atoms with E-state index in [1.54, 1.807) is 18.9 Å². The molecule has 1 aromatic rings. The zero-order valence-electron chi connectivity index (χ0n) is 14.4. The molecule has 0 aromatic heterocycles. The highest BCUT2D eigenvalue weighted by atomic mass is 35.5. The first kappa shape index (κ1) is 22.1. The molecular formula is C17H29ClN2O2S. The van der Waals surface area contributed by atoms with E-state index >= 15 is 0 Å². The fraction of sp³-hybridized carbons (Fsp3) is 0.588. The van der Waals surface area contributed by atoms with E-state index in [9.17, 15) is 4.79 Å². The van der Waals surface area contributed by atoms with Crippen molar-refractivity contribution in [3.8, 4) is 5.75 Å². The standard InChI is InChI=1S/C17H28N2O2S.ClH/c1-12(2)9-14(18)17(20)19-10-13(3)11-22-16-8-6-5-7-15(16)21-4;/h5-8,12-14H,9-11,18H2,1-4H3,(H,19,20);1H/t13?,14-;/m0./s1. The third-order valence-corrected chi connectivity index (χ3v) is 4.66. The summed E-state index contributed by atoms with van der Waals surface area (Å²) in [5.41, 5.74) is 5.87. The maximum absolute atomic E-state index is 11.9. The Morgan fingerprint density at radius 3 is 2.57 bits per heavy atom. The van der Waals surface area contributed by atoms with Crippen molar-refractivity contribution in [2.45, 2.75) is 38.1 Å². The zero-order valence-corrected chi connectivity index (χ0v) is 16.0. The van der Waals surface area contributed by atoms with Crippen LogP contribution in [0.5, 0.6) is 5.75 Å². The van der Waals surface area contributed by atoms with E-state index in [2.05, 4.69) is 26.1 Å². The second-order valence-electron chi connectivity index (χ2n) is 6.05. The van der Waals surface area contributed by atoms with Gasteiger partial charge in [0.15, 0.2) is 0 Å². The molecule has 1 rings (SSSR count). The quantitative estimate of drug-likeness (QED) is 0.663. The Bertz CT molecular complexity index is 472. The van der Waals surface area contributed by atoms with Crippen molar-refractivity contribution >= 4 is 30.1 Å². The summed E-state index contributed by atoms with van der Waals surface area (Å²) in [5.74, 6) is 2.55. The van der Waals surface area contributed by atoms with E-state index in [1.807, 2.05) is 24.3 Å². The molecule has 0 aliphatic rings. The summed E-state index contributed by atoms with van der Waals surface area (Å²) in [6, 6.07) is 7.56. The summed E-state index contributed by atoms with van der Waals surface area (Å²) < 4.78 is 5.34. The third-order valence-electron chi connectivity index (χ3n) is 3.28. The minimum atomic E-state index is -0.408. The molecule has 0 fully saturated rings. The van der Waals surface area contributed by atoms with Crippen LogP contribution in [0, 0.1) is 11.8 Å². The van der Waals surface area contributed by atoms with E-state index in [0.29, 0.717) is 18.4 Å². The highest BCUT2D eigenvalue weighted by molar-refractivity contribution is 7.99. The lowest BCUT2D eigenvalue weighted by Gasteiger charge is -2.17. The average Bonchev–Trinajstić information content (AvgIpc) is 2.50. The number of nitrogens with two attached hydrogens (primary N) is 1. The first-order chi connectivity index (χ1) is 10.4. The van der Waals surface area contributed by atoms with Gasteiger partial charge in [0.25, 0.3) is 0 Å². The molecule has 0 saturated carbocycles. The van der Waals surface area contributed by atoms with Gasteiger partial charge in [0.2, 0.25) is 5.91 Å². The Morgan fingerprint density at radius 1 is 1.30 bits per heavy atom. The van der Waals surface area contributed by atoms with Crippen molar-refractivity contribution in [1.82, 2.24) is 5.32 Å². The van der Waals surface area contributed by atoms with Gasteiger partial charge >= 0.3 is 0 Å². The van der Waals surface area contributed by atoms with Crippen LogP contribution in [-0.2, 0) is 4.79 Å². The highest BCUT2D eigenvalue weighted by Gasteiger charge is 2.15. The van der Waals surface area contributed by atoms with E-state index in [4.69, 9.17) is 10.5 Å². The lowest BCUT2D eigenvalue weighted by molar-refractivity contribution is -0.122. The predicted molar refractivity (Wildman–Crippen MR) is 101 cm³/mol. The number of amides is 1. The van der Waals surface area contributed by atoms with Crippen LogP contribution in [0.3, 0.4) is 0 Å².